The molecule has 2 N–H and O–H groups in total. The number of ether oxygens (including phenoxy) is 1. The lowest BCUT2D eigenvalue weighted by atomic mass is 10.2. The van der Waals surface area contributed by atoms with Gasteiger partial charge in [-0.2, -0.15) is 0 Å². The summed E-state index contributed by atoms with van der Waals surface area (Å²) in [5.74, 6) is 0.0715. The van der Waals surface area contributed by atoms with Gasteiger partial charge in [-0.25, -0.2) is 10.2 Å². The third kappa shape index (κ3) is 5.53. The van der Waals surface area contributed by atoms with Gasteiger partial charge in [0.25, 0.3) is 0 Å². The molecular weight excluding hydrogens is 222 g/mol. The molecule has 0 radical (unpaired) electrons. The quantitative estimate of drug-likeness (QED) is 0.763. The summed E-state index contributed by atoms with van der Waals surface area (Å²) in [6.07, 6.45) is 0.982. The van der Waals surface area contributed by atoms with Crippen LogP contribution in [0.4, 0.5) is 4.79 Å². The van der Waals surface area contributed by atoms with Gasteiger partial charge in [0.1, 0.15) is 5.60 Å². The first-order valence-electron chi connectivity index (χ1n) is 5.89. The van der Waals surface area contributed by atoms with Crippen LogP contribution in [0, 0.1) is 0 Å². The Labute approximate surface area is 102 Å². The lowest BCUT2D eigenvalue weighted by molar-refractivity contribution is -0.136. The van der Waals surface area contributed by atoms with E-state index in [2.05, 4.69) is 10.7 Å². The Morgan fingerprint density at radius 2 is 2.24 bits per heavy atom. The molecule has 98 valence electrons. The van der Waals surface area contributed by atoms with Crippen molar-refractivity contribution in [2.24, 2.45) is 0 Å². The van der Waals surface area contributed by atoms with Gasteiger partial charge in [0.2, 0.25) is 5.91 Å². The van der Waals surface area contributed by atoms with Gasteiger partial charge in [0, 0.05) is 19.5 Å². The van der Waals surface area contributed by atoms with Gasteiger partial charge in [0.05, 0.1) is 6.54 Å². The summed E-state index contributed by atoms with van der Waals surface area (Å²) in [5, 5.41) is 4.15. The number of carbonyl (C=O) groups is 2. The van der Waals surface area contributed by atoms with E-state index in [4.69, 9.17) is 4.74 Å². The second-order valence-electron chi connectivity index (χ2n) is 4.99. The Morgan fingerprint density at radius 1 is 1.53 bits per heavy atom. The molecule has 6 nitrogen and oxygen atoms in total. The van der Waals surface area contributed by atoms with E-state index in [-0.39, 0.29) is 5.91 Å². The largest absolute Gasteiger partial charge is 0.444 e. The van der Waals surface area contributed by atoms with Crippen LogP contribution in [0.1, 0.15) is 33.6 Å². The minimum atomic E-state index is -0.497. The molecule has 17 heavy (non-hydrogen) atoms. The van der Waals surface area contributed by atoms with E-state index in [9.17, 15) is 9.59 Å². The van der Waals surface area contributed by atoms with E-state index in [1.165, 1.54) is 0 Å². The number of hydrogen-bond donors (Lipinski definition) is 2. The van der Waals surface area contributed by atoms with Crippen molar-refractivity contribution >= 4 is 12.0 Å². The molecule has 0 aromatic rings. The highest BCUT2D eigenvalue weighted by Crippen LogP contribution is 2.06. The van der Waals surface area contributed by atoms with Crippen LogP contribution in [0.15, 0.2) is 0 Å². The van der Waals surface area contributed by atoms with Crippen LogP contribution in [-0.2, 0) is 9.53 Å². The summed E-state index contributed by atoms with van der Waals surface area (Å²) in [7, 11) is 0. The van der Waals surface area contributed by atoms with E-state index < -0.39 is 11.7 Å². The van der Waals surface area contributed by atoms with Gasteiger partial charge in [-0.1, -0.05) is 0 Å². The van der Waals surface area contributed by atoms with E-state index in [1.807, 2.05) is 20.8 Å². The van der Waals surface area contributed by atoms with Crippen LogP contribution < -0.4 is 10.7 Å². The van der Waals surface area contributed by atoms with Gasteiger partial charge < -0.3 is 10.1 Å². The first kappa shape index (κ1) is 13.8. The fourth-order valence-electron chi connectivity index (χ4n) is 1.46. The maximum atomic E-state index is 11.4. The van der Waals surface area contributed by atoms with Gasteiger partial charge in [0.15, 0.2) is 0 Å². The smallest absolute Gasteiger partial charge is 0.407 e. The molecule has 0 bridgehead atoms. The van der Waals surface area contributed by atoms with Crippen molar-refractivity contribution in [3.05, 3.63) is 0 Å². The van der Waals surface area contributed by atoms with Crippen molar-refractivity contribution in [3.8, 4) is 0 Å². The van der Waals surface area contributed by atoms with E-state index in [0.29, 0.717) is 19.5 Å². The molecule has 0 atom stereocenters. The summed E-state index contributed by atoms with van der Waals surface area (Å²) >= 11 is 0. The first-order chi connectivity index (χ1) is 7.88. The average Bonchev–Trinajstić information content (AvgIpc) is 2.18. The third-order valence-electron chi connectivity index (χ3n) is 2.17. The number of rotatable bonds is 3. The number of nitrogens with zero attached hydrogens (tertiary/aromatic N) is 1. The first-order valence-corrected chi connectivity index (χ1v) is 5.89. The SMILES string of the molecule is CC(C)(C)OC(=O)NCCN1NCCCC1=O. The fraction of sp³-hybridized carbons (Fsp3) is 0.818. The van der Waals surface area contributed by atoms with Crippen molar-refractivity contribution in [1.82, 2.24) is 15.8 Å². The molecule has 2 amide bonds. The maximum absolute atomic E-state index is 11.4. The molecule has 1 aliphatic rings. The monoisotopic (exact) mass is 243 g/mol. The van der Waals surface area contributed by atoms with Gasteiger partial charge >= 0.3 is 6.09 Å². The van der Waals surface area contributed by atoms with Gasteiger partial charge in [-0.15, -0.1) is 0 Å². The highest BCUT2D eigenvalue weighted by atomic mass is 16.6. The molecule has 0 spiro atoms. The number of amides is 2. The van der Waals surface area contributed by atoms with E-state index >= 15 is 0 Å². The fourth-order valence-corrected chi connectivity index (χ4v) is 1.46. The van der Waals surface area contributed by atoms with Gasteiger partial charge in [-0.3, -0.25) is 9.80 Å². The van der Waals surface area contributed by atoms with Crippen molar-refractivity contribution in [2.45, 2.75) is 39.2 Å². The number of nitrogens with one attached hydrogen (secondary N) is 2. The Morgan fingerprint density at radius 3 is 2.82 bits per heavy atom. The predicted octanol–water partition coefficient (Wildman–Crippen LogP) is 0.638. The zero-order valence-corrected chi connectivity index (χ0v) is 10.7. The lowest BCUT2D eigenvalue weighted by Crippen LogP contribution is -2.50. The van der Waals surface area contributed by atoms with E-state index in [1.54, 1.807) is 5.01 Å². The number of hydrogen-bond acceptors (Lipinski definition) is 4. The summed E-state index contributed by atoms with van der Waals surface area (Å²) in [6, 6.07) is 0. The summed E-state index contributed by atoms with van der Waals surface area (Å²) in [5.41, 5.74) is 2.49. The summed E-state index contributed by atoms with van der Waals surface area (Å²) in [4.78, 5) is 22.7. The number of carbonyl (C=O) groups excluding carboxylic acids is 2. The zero-order chi connectivity index (χ0) is 12.9. The standard InChI is InChI=1S/C11H21N3O3/c1-11(2,3)17-10(16)12-7-8-14-9(15)5-4-6-13-14/h13H,4-8H2,1-3H3,(H,12,16). The van der Waals surface area contributed by atoms with Crippen LogP contribution in [0.3, 0.4) is 0 Å². The molecule has 6 heteroatoms. The zero-order valence-electron chi connectivity index (χ0n) is 10.7. The Balaban J connectivity index is 2.19. The van der Waals surface area contributed by atoms with Crippen LogP contribution in [0.25, 0.3) is 0 Å². The molecule has 0 aromatic carbocycles. The molecule has 0 aromatic heterocycles. The number of alkyl carbamates (subject to hydrolysis) is 1. The van der Waals surface area contributed by atoms with Crippen LogP contribution >= 0.6 is 0 Å². The van der Waals surface area contributed by atoms with Crippen molar-refractivity contribution < 1.29 is 14.3 Å². The van der Waals surface area contributed by atoms with Crippen LogP contribution in [0.5, 0.6) is 0 Å². The third-order valence-corrected chi connectivity index (χ3v) is 2.17. The minimum absolute atomic E-state index is 0.0715. The average molecular weight is 243 g/mol. The Hall–Kier alpha value is -1.30. The maximum Gasteiger partial charge on any atom is 0.407 e. The minimum Gasteiger partial charge on any atom is -0.444 e. The topological polar surface area (TPSA) is 70.7 Å². The number of hydrazine groups is 1. The van der Waals surface area contributed by atoms with Crippen molar-refractivity contribution in [2.75, 3.05) is 19.6 Å². The molecule has 0 saturated carbocycles. The summed E-state index contributed by atoms with van der Waals surface area (Å²) < 4.78 is 5.08. The van der Waals surface area contributed by atoms with E-state index in [0.717, 1.165) is 13.0 Å². The molecule has 0 aliphatic carbocycles. The van der Waals surface area contributed by atoms with Gasteiger partial charge in [-0.05, 0) is 27.2 Å². The molecule has 1 heterocycles. The Kier molecular flexibility index (Phi) is 4.74. The second-order valence-corrected chi connectivity index (χ2v) is 4.99. The molecule has 1 fully saturated rings. The molecule has 1 rings (SSSR count). The molecule has 1 aliphatic heterocycles. The highest BCUT2D eigenvalue weighted by molar-refractivity contribution is 5.76. The predicted molar refractivity (Wildman–Crippen MR) is 63.2 cm³/mol. The Bertz CT molecular complexity index is 286. The van der Waals surface area contributed by atoms with Crippen molar-refractivity contribution in [3.63, 3.8) is 0 Å². The normalized spacial score (nSPS) is 16.9. The van der Waals surface area contributed by atoms with Crippen LogP contribution in [-0.4, -0.2) is 42.2 Å². The lowest BCUT2D eigenvalue weighted by Gasteiger charge is -2.27. The molecule has 1 saturated heterocycles. The van der Waals surface area contributed by atoms with Crippen LogP contribution in [0.2, 0.25) is 0 Å². The second kappa shape index (κ2) is 5.86. The molecular formula is C11H21N3O3. The molecule has 0 unspecified atom stereocenters. The highest BCUT2D eigenvalue weighted by Gasteiger charge is 2.18. The summed E-state index contributed by atoms with van der Waals surface area (Å²) in [6.45, 7) is 7.07. The van der Waals surface area contributed by atoms with Crippen molar-refractivity contribution in [1.29, 1.82) is 0 Å².